The van der Waals surface area contributed by atoms with Crippen LogP contribution in [0.2, 0.25) is 0 Å². The zero-order valence-electron chi connectivity index (χ0n) is 12.2. The number of aryl methyl sites for hydroxylation is 1. The lowest BCUT2D eigenvalue weighted by molar-refractivity contribution is 0.490. The van der Waals surface area contributed by atoms with Gasteiger partial charge < -0.3 is 5.32 Å². The maximum Gasteiger partial charge on any atom is 0.123 e. The highest BCUT2D eigenvalue weighted by atomic mass is 19.1. The highest BCUT2D eigenvalue weighted by Crippen LogP contribution is 2.18. The molecular weight excluding hydrogens is 249 g/mol. The summed E-state index contributed by atoms with van der Waals surface area (Å²) in [6.45, 7) is 2.98. The highest BCUT2D eigenvalue weighted by Gasteiger charge is 2.12. The van der Waals surface area contributed by atoms with Crippen molar-refractivity contribution >= 4 is 0 Å². The van der Waals surface area contributed by atoms with Gasteiger partial charge in [0.25, 0.3) is 0 Å². The summed E-state index contributed by atoms with van der Waals surface area (Å²) in [5.74, 6) is 0.330. The molecule has 0 aliphatic carbocycles. The lowest BCUT2D eigenvalue weighted by Gasteiger charge is -2.18. The Morgan fingerprint density at radius 1 is 1.05 bits per heavy atom. The molecule has 0 aliphatic rings. The van der Waals surface area contributed by atoms with Crippen molar-refractivity contribution in [1.29, 1.82) is 0 Å². The highest BCUT2D eigenvalue weighted by molar-refractivity contribution is 5.27. The minimum atomic E-state index is -0.145. The number of hydrogen-bond donors (Lipinski definition) is 1. The van der Waals surface area contributed by atoms with Gasteiger partial charge in [-0.15, -0.1) is 0 Å². The van der Waals surface area contributed by atoms with Crippen LogP contribution >= 0.6 is 0 Å². The Labute approximate surface area is 120 Å². The first-order valence-corrected chi connectivity index (χ1v) is 7.12. The van der Waals surface area contributed by atoms with Crippen LogP contribution in [0.5, 0.6) is 0 Å². The third-order valence-electron chi connectivity index (χ3n) is 3.68. The van der Waals surface area contributed by atoms with Crippen molar-refractivity contribution < 1.29 is 4.39 Å². The molecule has 2 rings (SSSR count). The van der Waals surface area contributed by atoms with E-state index in [-0.39, 0.29) is 5.82 Å². The predicted molar refractivity (Wildman–Crippen MR) is 82.4 cm³/mol. The summed E-state index contributed by atoms with van der Waals surface area (Å²) in [5.41, 5.74) is 3.61. The van der Waals surface area contributed by atoms with E-state index < -0.39 is 0 Å². The van der Waals surface area contributed by atoms with E-state index in [0.29, 0.717) is 5.92 Å². The first kappa shape index (κ1) is 14.7. The van der Waals surface area contributed by atoms with Crippen molar-refractivity contribution in [2.75, 3.05) is 13.6 Å². The minimum absolute atomic E-state index is 0.145. The lowest BCUT2D eigenvalue weighted by atomic mass is 9.90. The smallest absolute Gasteiger partial charge is 0.123 e. The van der Waals surface area contributed by atoms with Crippen LogP contribution in [0.1, 0.15) is 16.7 Å². The molecule has 1 atom stereocenters. The predicted octanol–water partition coefficient (Wildman–Crippen LogP) is 3.75. The second kappa shape index (κ2) is 7.20. The first-order valence-electron chi connectivity index (χ1n) is 7.12. The quantitative estimate of drug-likeness (QED) is 0.843. The first-order chi connectivity index (χ1) is 9.69. The van der Waals surface area contributed by atoms with Gasteiger partial charge in [0.05, 0.1) is 0 Å². The van der Waals surface area contributed by atoms with Crippen LogP contribution in [0, 0.1) is 18.7 Å². The zero-order valence-corrected chi connectivity index (χ0v) is 12.2. The van der Waals surface area contributed by atoms with Gasteiger partial charge in [0.15, 0.2) is 0 Å². The van der Waals surface area contributed by atoms with Gasteiger partial charge in [-0.05, 0) is 68.1 Å². The maximum absolute atomic E-state index is 13.4. The number of hydrogen-bond acceptors (Lipinski definition) is 1. The van der Waals surface area contributed by atoms with E-state index in [0.717, 1.165) is 24.9 Å². The summed E-state index contributed by atoms with van der Waals surface area (Å²) < 4.78 is 13.4. The van der Waals surface area contributed by atoms with E-state index in [9.17, 15) is 4.39 Å². The molecule has 2 aromatic rings. The number of nitrogens with one attached hydrogen (secondary N) is 1. The van der Waals surface area contributed by atoms with Gasteiger partial charge in [-0.25, -0.2) is 4.39 Å². The Bertz CT molecular complexity index is 536. The summed E-state index contributed by atoms with van der Waals surface area (Å²) in [7, 11) is 1.97. The van der Waals surface area contributed by atoms with E-state index >= 15 is 0 Å². The number of benzene rings is 2. The molecule has 106 valence electrons. The average molecular weight is 271 g/mol. The van der Waals surface area contributed by atoms with Gasteiger partial charge in [-0.3, -0.25) is 0 Å². The minimum Gasteiger partial charge on any atom is -0.319 e. The van der Waals surface area contributed by atoms with E-state index in [4.69, 9.17) is 0 Å². The topological polar surface area (TPSA) is 12.0 Å². The molecule has 0 amide bonds. The Morgan fingerprint density at radius 2 is 1.80 bits per heavy atom. The largest absolute Gasteiger partial charge is 0.319 e. The van der Waals surface area contributed by atoms with Gasteiger partial charge in [0.2, 0.25) is 0 Å². The standard InChI is InChI=1S/C18H22FN/c1-14-8-9-18(19)12-17(14)11-16(13-20-2)10-15-6-4-3-5-7-15/h3-9,12,16,20H,10-11,13H2,1-2H3. The Balaban J connectivity index is 2.11. The molecule has 0 aliphatic heterocycles. The van der Waals surface area contributed by atoms with Crippen LogP contribution < -0.4 is 5.32 Å². The molecule has 2 aromatic carbocycles. The summed E-state index contributed by atoms with van der Waals surface area (Å²) in [6, 6.07) is 15.5. The molecule has 0 radical (unpaired) electrons. The second-order valence-corrected chi connectivity index (χ2v) is 5.39. The summed E-state index contributed by atoms with van der Waals surface area (Å²) in [6.07, 6.45) is 1.91. The molecule has 1 unspecified atom stereocenters. The zero-order chi connectivity index (χ0) is 14.4. The molecule has 0 heterocycles. The fourth-order valence-corrected chi connectivity index (χ4v) is 2.62. The van der Waals surface area contributed by atoms with E-state index in [1.54, 1.807) is 6.07 Å². The molecule has 0 saturated heterocycles. The van der Waals surface area contributed by atoms with E-state index in [2.05, 4.69) is 29.6 Å². The molecule has 1 N–H and O–H groups in total. The van der Waals surface area contributed by atoms with Crippen molar-refractivity contribution in [3.63, 3.8) is 0 Å². The molecular formula is C18H22FN. The van der Waals surface area contributed by atoms with Crippen LogP contribution in [0.15, 0.2) is 48.5 Å². The lowest BCUT2D eigenvalue weighted by Crippen LogP contribution is -2.23. The third-order valence-corrected chi connectivity index (χ3v) is 3.68. The molecule has 0 fully saturated rings. The van der Waals surface area contributed by atoms with Gasteiger partial charge in [-0.1, -0.05) is 36.4 Å². The fourth-order valence-electron chi connectivity index (χ4n) is 2.62. The van der Waals surface area contributed by atoms with E-state index in [1.807, 2.05) is 26.1 Å². The molecule has 0 aromatic heterocycles. The van der Waals surface area contributed by atoms with E-state index in [1.165, 1.54) is 17.2 Å². The SMILES string of the molecule is CNCC(Cc1ccccc1)Cc1cc(F)ccc1C. The van der Waals surface area contributed by atoms with Gasteiger partial charge in [0.1, 0.15) is 5.82 Å². The average Bonchev–Trinajstić information content (AvgIpc) is 2.44. The summed E-state index contributed by atoms with van der Waals surface area (Å²) >= 11 is 0. The molecule has 0 spiro atoms. The maximum atomic E-state index is 13.4. The second-order valence-electron chi connectivity index (χ2n) is 5.39. The Hall–Kier alpha value is -1.67. The van der Waals surface area contributed by atoms with Crippen molar-refractivity contribution in [1.82, 2.24) is 5.32 Å². The van der Waals surface area contributed by atoms with Crippen molar-refractivity contribution in [3.8, 4) is 0 Å². The number of halogens is 1. The van der Waals surface area contributed by atoms with Gasteiger partial charge in [0, 0.05) is 0 Å². The summed E-state index contributed by atoms with van der Waals surface area (Å²) in [4.78, 5) is 0. The molecule has 0 bridgehead atoms. The monoisotopic (exact) mass is 271 g/mol. The van der Waals surface area contributed by atoms with Crippen molar-refractivity contribution in [2.24, 2.45) is 5.92 Å². The van der Waals surface area contributed by atoms with Crippen molar-refractivity contribution in [3.05, 3.63) is 71.0 Å². The molecule has 1 nitrogen and oxygen atoms in total. The van der Waals surface area contributed by atoms with Crippen LogP contribution in [0.3, 0.4) is 0 Å². The molecule has 0 saturated carbocycles. The normalized spacial score (nSPS) is 12.3. The molecule has 2 heteroatoms. The van der Waals surface area contributed by atoms with Crippen LogP contribution in [0.25, 0.3) is 0 Å². The molecule has 20 heavy (non-hydrogen) atoms. The fraction of sp³-hybridized carbons (Fsp3) is 0.333. The van der Waals surface area contributed by atoms with Crippen molar-refractivity contribution in [2.45, 2.75) is 19.8 Å². The van der Waals surface area contributed by atoms with Gasteiger partial charge in [-0.2, -0.15) is 0 Å². The Morgan fingerprint density at radius 3 is 2.50 bits per heavy atom. The summed E-state index contributed by atoms with van der Waals surface area (Å²) in [5, 5.41) is 3.25. The van der Waals surface area contributed by atoms with Gasteiger partial charge >= 0.3 is 0 Å². The number of rotatable bonds is 6. The van der Waals surface area contributed by atoms with Crippen LogP contribution in [-0.4, -0.2) is 13.6 Å². The Kier molecular flexibility index (Phi) is 5.31. The van der Waals surface area contributed by atoms with Crippen LogP contribution in [0.4, 0.5) is 4.39 Å². The van der Waals surface area contributed by atoms with Crippen LogP contribution in [-0.2, 0) is 12.8 Å². The third kappa shape index (κ3) is 4.17.